The summed E-state index contributed by atoms with van der Waals surface area (Å²) in [7, 11) is 0. The Kier molecular flexibility index (Phi) is 5.46. The van der Waals surface area contributed by atoms with Gasteiger partial charge in [-0.25, -0.2) is 0 Å². The first-order valence-corrected chi connectivity index (χ1v) is 10.7. The molecule has 3 aromatic carbocycles. The van der Waals surface area contributed by atoms with Crippen molar-refractivity contribution in [2.24, 2.45) is 0 Å². The van der Waals surface area contributed by atoms with Crippen LogP contribution in [0.5, 0.6) is 0 Å². The van der Waals surface area contributed by atoms with E-state index in [9.17, 15) is 4.79 Å². The molecule has 0 aromatic heterocycles. The molecule has 1 amide bonds. The summed E-state index contributed by atoms with van der Waals surface area (Å²) in [5.74, 6) is 0.162. The Morgan fingerprint density at radius 3 is 2.41 bits per heavy atom. The molecule has 0 saturated carbocycles. The maximum Gasteiger partial charge on any atom is 0.254 e. The van der Waals surface area contributed by atoms with E-state index in [1.54, 1.807) is 16.7 Å². The molecule has 1 saturated heterocycles. The molecule has 1 aliphatic heterocycles. The van der Waals surface area contributed by atoms with E-state index in [0.29, 0.717) is 0 Å². The molecule has 3 aromatic rings. The predicted octanol–water partition coefficient (Wildman–Crippen LogP) is 3.10. The summed E-state index contributed by atoms with van der Waals surface area (Å²) in [6, 6.07) is 23.0. The van der Waals surface area contributed by atoms with E-state index >= 15 is 0 Å². The number of hydrogen-bond acceptors (Lipinski definition) is 2. The Bertz CT molecular complexity index is 925. The van der Waals surface area contributed by atoms with E-state index in [2.05, 4.69) is 42.7 Å². The number of benzene rings is 3. The second-order valence-electron chi connectivity index (χ2n) is 7.09. The van der Waals surface area contributed by atoms with Crippen molar-refractivity contribution < 1.29 is 9.69 Å². The fourth-order valence-corrected chi connectivity index (χ4v) is 4.23. The number of nitrogens with one attached hydrogen (secondary N) is 1. The number of piperazine rings is 1. The van der Waals surface area contributed by atoms with Crippen LogP contribution in [0.4, 0.5) is 0 Å². The maximum absolute atomic E-state index is 13.1. The highest BCUT2D eigenvalue weighted by Gasteiger charge is 2.25. The van der Waals surface area contributed by atoms with Crippen molar-refractivity contribution in [1.29, 1.82) is 0 Å². The number of hydrogen-bond donors (Lipinski definition) is 1. The molecule has 4 heteroatoms. The summed E-state index contributed by atoms with van der Waals surface area (Å²) in [6.45, 7) is 4.67. The van der Waals surface area contributed by atoms with Crippen molar-refractivity contribution in [3.05, 3.63) is 77.9 Å². The van der Waals surface area contributed by atoms with Gasteiger partial charge >= 0.3 is 0 Å². The van der Waals surface area contributed by atoms with Crippen LogP contribution in [0.1, 0.15) is 15.9 Å². The molecule has 0 spiro atoms. The molecular formula is C23H25N2OS+. The minimum atomic E-state index is 0.162. The highest BCUT2D eigenvalue weighted by Crippen LogP contribution is 2.20. The third-order valence-corrected chi connectivity index (χ3v) is 6.13. The fourth-order valence-electron chi connectivity index (χ4n) is 3.82. The van der Waals surface area contributed by atoms with E-state index in [1.807, 2.05) is 35.2 Å². The first kappa shape index (κ1) is 18.1. The lowest BCUT2D eigenvalue weighted by Crippen LogP contribution is -3.13. The summed E-state index contributed by atoms with van der Waals surface area (Å²) in [5.41, 5.74) is 2.20. The average molecular weight is 378 g/mol. The number of carbonyl (C=O) groups excluding carboxylic acids is 1. The molecular weight excluding hydrogens is 352 g/mol. The number of quaternary nitrogens is 1. The number of amides is 1. The van der Waals surface area contributed by atoms with Crippen molar-refractivity contribution in [1.82, 2.24) is 4.90 Å². The molecule has 1 aliphatic rings. The van der Waals surface area contributed by atoms with E-state index in [-0.39, 0.29) is 5.91 Å². The summed E-state index contributed by atoms with van der Waals surface area (Å²) in [6.07, 6.45) is 2.10. The second-order valence-corrected chi connectivity index (χ2v) is 7.97. The first-order valence-electron chi connectivity index (χ1n) is 9.48. The average Bonchev–Trinajstić information content (AvgIpc) is 2.74. The lowest BCUT2D eigenvalue weighted by molar-refractivity contribution is -0.917. The summed E-state index contributed by atoms with van der Waals surface area (Å²) < 4.78 is 0. The highest BCUT2D eigenvalue weighted by atomic mass is 32.2. The van der Waals surface area contributed by atoms with Gasteiger partial charge in [0, 0.05) is 16.0 Å². The van der Waals surface area contributed by atoms with Gasteiger partial charge in [-0.2, -0.15) is 0 Å². The van der Waals surface area contributed by atoms with Crippen LogP contribution in [0, 0.1) is 0 Å². The van der Waals surface area contributed by atoms with Crippen LogP contribution in [0.15, 0.2) is 71.6 Å². The molecule has 0 radical (unpaired) electrons. The highest BCUT2D eigenvalue weighted by molar-refractivity contribution is 7.98. The molecule has 3 nitrogen and oxygen atoms in total. The Morgan fingerprint density at radius 1 is 0.963 bits per heavy atom. The maximum atomic E-state index is 13.1. The normalized spacial score (nSPS) is 15.2. The Hall–Kier alpha value is -2.30. The molecule has 0 atom stereocenters. The quantitative estimate of drug-likeness (QED) is 0.707. The molecule has 0 bridgehead atoms. The van der Waals surface area contributed by atoms with Crippen LogP contribution in [-0.2, 0) is 6.54 Å². The van der Waals surface area contributed by atoms with Crippen LogP contribution in [0.3, 0.4) is 0 Å². The SMILES string of the molecule is CSc1ccc(C[NH+]2CCN(C(=O)c3cccc4ccccc34)CC2)cc1. The lowest BCUT2D eigenvalue weighted by Gasteiger charge is -2.32. The zero-order valence-corrected chi connectivity index (χ0v) is 16.5. The molecule has 0 unspecified atom stereocenters. The van der Waals surface area contributed by atoms with Gasteiger partial charge in [0.25, 0.3) is 5.91 Å². The topological polar surface area (TPSA) is 24.8 Å². The monoisotopic (exact) mass is 377 g/mol. The van der Waals surface area contributed by atoms with Crippen molar-refractivity contribution in [2.45, 2.75) is 11.4 Å². The minimum Gasteiger partial charge on any atom is -0.328 e. The predicted molar refractivity (Wildman–Crippen MR) is 112 cm³/mol. The molecule has 1 fully saturated rings. The zero-order chi connectivity index (χ0) is 18.6. The molecule has 4 rings (SSSR count). The fraction of sp³-hybridized carbons (Fsp3) is 0.261. The van der Waals surface area contributed by atoms with Crippen molar-refractivity contribution in [3.63, 3.8) is 0 Å². The van der Waals surface area contributed by atoms with Gasteiger partial charge in [-0.15, -0.1) is 11.8 Å². The Balaban J connectivity index is 1.40. The van der Waals surface area contributed by atoms with Crippen LogP contribution in [-0.4, -0.2) is 43.2 Å². The first-order chi connectivity index (χ1) is 13.2. The standard InChI is InChI=1S/C23H24N2OS/c1-27-20-11-9-18(10-12-20)17-24-13-15-25(16-14-24)23(26)22-8-4-6-19-5-2-3-7-21(19)22/h2-12H,13-17H2,1H3/p+1. The van der Waals surface area contributed by atoms with E-state index in [0.717, 1.165) is 49.1 Å². The van der Waals surface area contributed by atoms with E-state index in [4.69, 9.17) is 0 Å². The third kappa shape index (κ3) is 4.02. The van der Waals surface area contributed by atoms with Gasteiger partial charge in [-0.1, -0.05) is 48.5 Å². The minimum absolute atomic E-state index is 0.162. The Morgan fingerprint density at radius 2 is 1.67 bits per heavy atom. The smallest absolute Gasteiger partial charge is 0.254 e. The van der Waals surface area contributed by atoms with Gasteiger partial charge in [-0.05, 0) is 35.2 Å². The Labute approximate surface area is 165 Å². The van der Waals surface area contributed by atoms with Crippen molar-refractivity contribution >= 4 is 28.4 Å². The van der Waals surface area contributed by atoms with Gasteiger partial charge in [0.05, 0.1) is 26.2 Å². The molecule has 1 N–H and O–H groups in total. The van der Waals surface area contributed by atoms with Crippen molar-refractivity contribution in [2.75, 3.05) is 32.4 Å². The van der Waals surface area contributed by atoms with Gasteiger partial charge < -0.3 is 9.80 Å². The van der Waals surface area contributed by atoms with E-state index in [1.165, 1.54) is 10.5 Å². The van der Waals surface area contributed by atoms with Crippen LogP contribution >= 0.6 is 11.8 Å². The molecule has 138 valence electrons. The van der Waals surface area contributed by atoms with Crippen LogP contribution in [0.25, 0.3) is 10.8 Å². The van der Waals surface area contributed by atoms with Gasteiger partial charge in [-0.3, -0.25) is 4.79 Å². The number of thioether (sulfide) groups is 1. The summed E-state index contributed by atoms with van der Waals surface area (Å²) >= 11 is 1.77. The van der Waals surface area contributed by atoms with Crippen LogP contribution < -0.4 is 4.90 Å². The molecule has 27 heavy (non-hydrogen) atoms. The van der Waals surface area contributed by atoms with Crippen molar-refractivity contribution in [3.8, 4) is 0 Å². The third-order valence-electron chi connectivity index (χ3n) is 5.39. The molecule has 0 aliphatic carbocycles. The second kappa shape index (κ2) is 8.15. The summed E-state index contributed by atoms with van der Waals surface area (Å²) in [5, 5.41) is 2.18. The zero-order valence-electron chi connectivity index (χ0n) is 15.7. The number of rotatable bonds is 4. The van der Waals surface area contributed by atoms with E-state index < -0.39 is 0 Å². The summed E-state index contributed by atoms with van der Waals surface area (Å²) in [4.78, 5) is 17.9. The van der Waals surface area contributed by atoms with Gasteiger partial charge in [0.2, 0.25) is 0 Å². The van der Waals surface area contributed by atoms with Gasteiger partial charge in [0.1, 0.15) is 6.54 Å². The largest absolute Gasteiger partial charge is 0.328 e. The van der Waals surface area contributed by atoms with Gasteiger partial charge in [0.15, 0.2) is 0 Å². The molecule has 1 heterocycles. The number of fused-ring (bicyclic) bond motifs is 1. The number of nitrogens with zero attached hydrogens (tertiary/aromatic N) is 1. The van der Waals surface area contributed by atoms with Crippen LogP contribution in [0.2, 0.25) is 0 Å². The number of carbonyl (C=O) groups is 1. The lowest BCUT2D eigenvalue weighted by atomic mass is 10.0.